The Labute approximate surface area is 97.7 Å². The highest BCUT2D eigenvalue weighted by Crippen LogP contribution is 2.13. The quantitative estimate of drug-likeness (QED) is 0.717. The van der Waals surface area contributed by atoms with Crippen molar-refractivity contribution in [3.05, 3.63) is 35.9 Å². The largest absolute Gasteiger partial charge is 0.464 e. The summed E-state index contributed by atoms with van der Waals surface area (Å²) in [5.41, 5.74) is 1.41. The lowest BCUT2D eigenvalue weighted by Gasteiger charge is -2.03. The van der Waals surface area contributed by atoms with E-state index in [1.165, 1.54) is 7.11 Å². The third-order valence-corrected chi connectivity index (χ3v) is 2.18. The van der Waals surface area contributed by atoms with Gasteiger partial charge in [0.05, 0.1) is 12.8 Å². The van der Waals surface area contributed by atoms with E-state index in [4.69, 9.17) is 0 Å². The summed E-state index contributed by atoms with van der Waals surface area (Å²) in [5.74, 6) is -0.0821. The Morgan fingerprint density at radius 2 is 1.94 bits per heavy atom. The van der Waals surface area contributed by atoms with Gasteiger partial charge in [-0.2, -0.15) is 0 Å². The van der Waals surface area contributed by atoms with Gasteiger partial charge in [-0.1, -0.05) is 0 Å². The van der Waals surface area contributed by atoms with Crippen LogP contribution in [0.3, 0.4) is 0 Å². The molecule has 0 unspecified atom stereocenters. The number of carbonyl (C=O) groups excluding carboxylic acids is 1. The lowest BCUT2D eigenvalue weighted by molar-refractivity contribution is 0.0591. The number of hydrogen-bond acceptors (Lipinski definition) is 6. The molecule has 0 aromatic carbocycles. The molecule has 0 aliphatic heterocycles. The van der Waals surface area contributed by atoms with Crippen LogP contribution in [0.5, 0.6) is 0 Å². The molecule has 0 N–H and O–H groups in total. The third kappa shape index (κ3) is 2.25. The fraction of sp³-hybridized carbons (Fsp3) is 0.182. The van der Waals surface area contributed by atoms with Crippen LogP contribution in [0, 0.1) is 6.92 Å². The zero-order chi connectivity index (χ0) is 12.3. The first kappa shape index (κ1) is 11.1. The van der Waals surface area contributed by atoms with Gasteiger partial charge in [-0.3, -0.25) is 4.98 Å². The van der Waals surface area contributed by atoms with Crippen molar-refractivity contribution in [3.8, 4) is 11.4 Å². The van der Waals surface area contributed by atoms with Crippen molar-refractivity contribution < 1.29 is 9.53 Å². The molecule has 17 heavy (non-hydrogen) atoms. The molecule has 6 nitrogen and oxygen atoms in total. The fourth-order valence-corrected chi connectivity index (χ4v) is 1.31. The first-order valence-electron chi connectivity index (χ1n) is 4.92. The molecule has 86 valence electrons. The maximum absolute atomic E-state index is 11.3. The molecule has 0 fully saturated rings. The number of pyridine rings is 1. The van der Waals surface area contributed by atoms with E-state index in [1.54, 1.807) is 31.5 Å². The maximum Gasteiger partial charge on any atom is 0.360 e. The van der Waals surface area contributed by atoms with Gasteiger partial charge in [0.1, 0.15) is 0 Å². The average molecular weight is 230 g/mol. The van der Waals surface area contributed by atoms with Crippen molar-refractivity contribution in [3.63, 3.8) is 0 Å². The van der Waals surface area contributed by atoms with Gasteiger partial charge in [0, 0.05) is 18.0 Å². The second-order valence-corrected chi connectivity index (χ2v) is 3.30. The summed E-state index contributed by atoms with van der Waals surface area (Å²) < 4.78 is 4.57. The molecule has 0 atom stereocenters. The lowest BCUT2D eigenvalue weighted by atomic mass is 10.2. The van der Waals surface area contributed by atoms with Crippen LogP contribution in [-0.2, 0) is 4.74 Å². The van der Waals surface area contributed by atoms with Gasteiger partial charge >= 0.3 is 5.97 Å². The van der Waals surface area contributed by atoms with Crippen molar-refractivity contribution in [2.45, 2.75) is 6.92 Å². The molecular formula is C11H10N4O2. The predicted octanol–water partition coefficient (Wildman–Crippen LogP) is 1.03. The molecular weight excluding hydrogens is 220 g/mol. The fourth-order valence-electron chi connectivity index (χ4n) is 1.31. The zero-order valence-electron chi connectivity index (χ0n) is 9.41. The topological polar surface area (TPSA) is 77.9 Å². The van der Waals surface area contributed by atoms with Crippen LogP contribution < -0.4 is 0 Å². The predicted molar refractivity (Wildman–Crippen MR) is 59.1 cm³/mol. The van der Waals surface area contributed by atoms with E-state index in [1.807, 2.05) is 0 Å². The number of hydrogen-bond donors (Lipinski definition) is 0. The Bertz CT molecular complexity index is 542. The molecule has 0 aliphatic rings. The molecule has 0 radical (unpaired) electrons. The van der Waals surface area contributed by atoms with Crippen molar-refractivity contribution in [2.24, 2.45) is 0 Å². The Morgan fingerprint density at radius 3 is 2.53 bits per heavy atom. The molecule has 0 spiro atoms. The number of rotatable bonds is 2. The second-order valence-electron chi connectivity index (χ2n) is 3.30. The van der Waals surface area contributed by atoms with Gasteiger partial charge < -0.3 is 4.74 Å². The average Bonchev–Trinajstić information content (AvgIpc) is 2.39. The smallest absolute Gasteiger partial charge is 0.360 e. The van der Waals surface area contributed by atoms with Gasteiger partial charge in [0.25, 0.3) is 0 Å². The van der Waals surface area contributed by atoms with Crippen LogP contribution in [0.2, 0.25) is 0 Å². The standard InChI is InChI=1S/C11H10N4O2/c1-7-9(11(16)17-2)14-15-10(13-7)8-3-5-12-6-4-8/h3-6H,1-2H3. The minimum Gasteiger partial charge on any atom is -0.464 e. The number of aromatic nitrogens is 4. The summed E-state index contributed by atoms with van der Waals surface area (Å²) in [6.07, 6.45) is 3.28. The molecule has 6 heteroatoms. The Kier molecular flexibility index (Phi) is 3.04. The van der Waals surface area contributed by atoms with E-state index >= 15 is 0 Å². The number of methoxy groups -OCH3 is 1. The highest BCUT2D eigenvalue weighted by Gasteiger charge is 2.14. The zero-order valence-corrected chi connectivity index (χ0v) is 9.41. The van der Waals surface area contributed by atoms with Crippen LogP contribution in [-0.4, -0.2) is 33.2 Å². The molecule has 0 aliphatic carbocycles. The van der Waals surface area contributed by atoms with E-state index in [9.17, 15) is 4.79 Å². The van der Waals surface area contributed by atoms with Crippen LogP contribution in [0.1, 0.15) is 16.2 Å². The molecule has 0 amide bonds. The number of nitrogens with zero attached hydrogens (tertiary/aromatic N) is 4. The highest BCUT2D eigenvalue weighted by atomic mass is 16.5. The van der Waals surface area contributed by atoms with E-state index in [-0.39, 0.29) is 5.69 Å². The first-order chi connectivity index (χ1) is 8.22. The van der Waals surface area contributed by atoms with Gasteiger partial charge in [0.15, 0.2) is 11.5 Å². The number of esters is 1. The second kappa shape index (κ2) is 4.65. The maximum atomic E-state index is 11.3. The summed E-state index contributed by atoms with van der Waals surface area (Å²) in [6, 6.07) is 3.54. The van der Waals surface area contributed by atoms with E-state index in [2.05, 4.69) is 24.9 Å². The summed E-state index contributed by atoms with van der Waals surface area (Å²) in [4.78, 5) is 19.4. The Balaban J connectivity index is 2.41. The molecule has 2 heterocycles. The van der Waals surface area contributed by atoms with Crippen LogP contribution >= 0.6 is 0 Å². The summed E-state index contributed by atoms with van der Waals surface area (Å²) >= 11 is 0. The number of ether oxygens (including phenoxy) is 1. The van der Waals surface area contributed by atoms with Crippen LogP contribution in [0.4, 0.5) is 0 Å². The lowest BCUT2D eigenvalue weighted by Crippen LogP contribution is -2.10. The molecule has 0 bridgehead atoms. The van der Waals surface area contributed by atoms with Gasteiger partial charge in [0.2, 0.25) is 0 Å². The van der Waals surface area contributed by atoms with E-state index in [0.717, 1.165) is 5.56 Å². The molecule has 2 rings (SSSR count). The minimum absolute atomic E-state index is 0.130. The first-order valence-corrected chi connectivity index (χ1v) is 4.92. The number of carbonyl (C=O) groups is 1. The van der Waals surface area contributed by atoms with Crippen LogP contribution in [0.25, 0.3) is 11.4 Å². The van der Waals surface area contributed by atoms with E-state index < -0.39 is 5.97 Å². The molecule has 0 saturated carbocycles. The molecule has 2 aromatic heterocycles. The van der Waals surface area contributed by atoms with Gasteiger partial charge in [-0.05, 0) is 19.1 Å². The third-order valence-electron chi connectivity index (χ3n) is 2.18. The highest BCUT2D eigenvalue weighted by molar-refractivity contribution is 5.88. The SMILES string of the molecule is COC(=O)c1nnc(-c2ccncc2)nc1C. The van der Waals surface area contributed by atoms with Gasteiger partial charge in [-0.25, -0.2) is 9.78 Å². The monoisotopic (exact) mass is 230 g/mol. The Morgan fingerprint density at radius 1 is 1.24 bits per heavy atom. The number of aryl methyl sites for hydroxylation is 1. The molecule has 0 saturated heterocycles. The summed E-state index contributed by atoms with van der Waals surface area (Å²) in [5, 5.41) is 7.71. The van der Waals surface area contributed by atoms with Crippen LogP contribution in [0.15, 0.2) is 24.5 Å². The summed E-state index contributed by atoms with van der Waals surface area (Å²) in [7, 11) is 1.29. The normalized spacial score (nSPS) is 10.0. The van der Waals surface area contributed by atoms with Crippen molar-refractivity contribution >= 4 is 5.97 Å². The Hall–Kier alpha value is -2.37. The van der Waals surface area contributed by atoms with Crippen molar-refractivity contribution in [1.82, 2.24) is 20.2 Å². The van der Waals surface area contributed by atoms with Gasteiger partial charge in [-0.15, -0.1) is 10.2 Å². The summed E-state index contributed by atoms with van der Waals surface area (Å²) in [6.45, 7) is 1.69. The minimum atomic E-state index is -0.538. The van der Waals surface area contributed by atoms with Crippen molar-refractivity contribution in [1.29, 1.82) is 0 Å². The van der Waals surface area contributed by atoms with Crippen molar-refractivity contribution in [2.75, 3.05) is 7.11 Å². The molecule has 2 aromatic rings. The van der Waals surface area contributed by atoms with E-state index in [0.29, 0.717) is 11.5 Å².